The molecule has 0 fully saturated rings. The maximum Gasteiger partial charge on any atom is 0.193 e. The van der Waals surface area contributed by atoms with E-state index in [2.05, 4.69) is 69.0 Å². The predicted molar refractivity (Wildman–Crippen MR) is 123 cm³/mol. The van der Waals surface area contributed by atoms with Gasteiger partial charge in [0.1, 0.15) is 6.10 Å². The lowest BCUT2D eigenvalue weighted by molar-refractivity contribution is 0.175. The van der Waals surface area contributed by atoms with E-state index >= 15 is 0 Å². The quantitative estimate of drug-likeness (QED) is 0.323. The molecule has 3 rings (SSSR count). The van der Waals surface area contributed by atoms with Gasteiger partial charge in [0.05, 0.1) is 10.2 Å². The number of para-hydroxylation sites is 1. The molecule has 0 unspecified atom stereocenters. The fourth-order valence-corrected chi connectivity index (χ4v) is 6.31. The zero-order valence-electron chi connectivity index (χ0n) is 17.7. The molecule has 0 aliphatic heterocycles. The van der Waals surface area contributed by atoms with Gasteiger partial charge in [-0.25, -0.2) is 15.0 Å². The van der Waals surface area contributed by atoms with Gasteiger partial charge in [-0.1, -0.05) is 44.7 Å². The second-order valence-electron chi connectivity index (χ2n) is 8.69. The minimum Gasteiger partial charge on any atom is -0.406 e. The van der Waals surface area contributed by atoms with E-state index in [4.69, 9.17) is 9.41 Å². The fourth-order valence-electron chi connectivity index (χ4n) is 2.52. The van der Waals surface area contributed by atoms with E-state index in [1.165, 1.54) is 4.70 Å². The average molecular weight is 432 g/mol. The average Bonchev–Trinajstić information content (AvgIpc) is 3.01. The molecule has 0 aliphatic carbocycles. The molecule has 2 aromatic heterocycles. The molecule has 4 nitrogen and oxygen atoms in total. The Morgan fingerprint density at radius 2 is 1.75 bits per heavy atom. The van der Waals surface area contributed by atoms with Gasteiger partial charge in [0.2, 0.25) is 0 Å². The molecule has 2 atom stereocenters. The molecule has 2 heterocycles. The molecule has 0 amide bonds. The Balaban J connectivity index is 1.89. The van der Waals surface area contributed by atoms with Crippen LogP contribution in [0.25, 0.3) is 10.2 Å². The molecular formula is C21H29N3OS2Si. The largest absolute Gasteiger partial charge is 0.406 e. The number of fused-ring (bicyclic) bond motifs is 1. The summed E-state index contributed by atoms with van der Waals surface area (Å²) in [7, 11) is -1.99. The van der Waals surface area contributed by atoms with Crippen LogP contribution in [0, 0.1) is 6.92 Å². The van der Waals surface area contributed by atoms with Gasteiger partial charge in [0, 0.05) is 17.6 Å². The van der Waals surface area contributed by atoms with Crippen molar-refractivity contribution in [3.05, 3.63) is 48.0 Å². The summed E-state index contributed by atoms with van der Waals surface area (Å²) in [6.07, 6.45) is 3.58. The summed E-state index contributed by atoms with van der Waals surface area (Å²) in [4.78, 5) is 14.0. The molecule has 0 saturated carbocycles. The van der Waals surface area contributed by atoms with Crippen molar-refractivity contribution in [1.29, 1.82) is 0 Å². The highest BCUT2D eigenvalue weighted by Gasteiger charge is 2.41. The van der Waals surface area contributed by atoms with Crippen molar-refractivity contribution in [2.45, 2.75) is 68.4 Å². The highest BCUT2D eigenvalue weighted by atomic mass is 32.2. The lowest BCUT2D eigenvalue weighted by Gasteiger charge is -2.40. The van der Waals surface area contributed by atoms with Gasteiger partial charge in [-0.05, 0) is 49.7 Å². The van der Waals surface area contributed by atoms with Crippen molar-refractivity contribution in [3.8, 4) is 0 Å². The Labute approximate surface area is 177 Å². The lowest BCUT2D eigenvalue weighted by Crippen LogP contribution is -2.43. The monoisotopic (exact) mass is 431 g/mol. The van der Waals surface area contributed by atoms with Crippen LogP contribution in [0.15, 0.2) is 41.0 Å². The maximum absolute atomic E-state index is 6.81. The van der Waals surface area contributed by atoms with E-state index in [0.29, 0.717) is 0 Å². The zero-order chi connectivity index (χ0) is 20.5. The van der Waals surface area contributed by atoms with Crippen LogP contribution in [0.5, 0.6) is 0 Å². The molecule has 0 N–H and O–H groups in total. The van der Waals surface area contributed by atoms with Gasteiger partial charge in [-0.3, -0.25) is 0 Å². The highest BCUT2D eigenvalue weighted by molar-refractivity contribution is 8.01. The third-order valence-electron chi connectivity index (χ3n) is 5.27. The third kappa shape index (κ3) is 4.82. The van der Waals surface area contributed by atoms with E-state index in [1.54, 1.807) is 23.1 Å². The van der Waals surface area contributed by atoms with Crippen molar-refractivity contribution >= 4 is 41.6 Å². The summed E-state index contributed by atoms with van der Waals surface area (Å²) >= 11 is 3.48. The van der Waals surface area contributed by atoms with E-state index in [0.717, 1.165) is 21.2 Å². The first-order valence-corrected chi connectivity index (χ1v) is 14.2. The Morgan fingerprint density at radius 3 is 2.36 bits per heavy atom. The summed E-state index contributed by atoms with van der Waals surface area (Å²) in [6, 6.07) is 8.27. The van der Waals surface area contributed by atoms with Gasteiger partial charge in [-0.2, -0.15) is 0 Å². The summed E-state index contributed by atoms with van der Waals surface area (Å²) in [5.74, 6) is 0.761. The number of aryl methyl sites for hydroxylation is 1. The zero-order valence-corrected chi connectivity index (χ0v) is 20.3. The minimum absolute atomic E-state index is 0.121. The molecule has 0 saturated heterocycles. The smallest absolute Gasteiger partial charge is 0.193 e. The van der Waals surface area contributed by atoms with Crippen LogP contribution < -0.4 is 0 Å². The molecule has 1 aromatic carbocycles. The number of rotatable bonds is 6. The number of nitrogens with zero attached hydrogens (tertiary/aromatic N) is 3. The number of aromatic nitrogens is 3. The first-order valence-electron chi connectivity index (χ1n) is 9.55. The van der Waals surface area contributed by atoms with Crippen molar-refractivity contribution in [3.63, 3.8) is 0 Å². The maximum atomic E-state index is 6.81. The van der Waals surface area contributed by atoms with E-state index < -0.39 is 8.32 Å². The van der Waals surface area contributed by atoms with Crippen molar-refractivity contribution in [1.82, 2.24) is 15.0 Å². The number of benzene rings is 1. The van der Waals surface area contributed by atoms with E-state index in [-0.39, 0.29) is 16.4 Å². The van der Waals surface area contributed by atoms with Crippen LogP contribution >= 0.6 is 23.1 Å². The van der Waals surface area contributed by atoms with Gasteiger partial charge in [-0.15, -0.1) is 11.3 Å². The first kappa shape index (κ1) is 21.4. The molecule has 0 aliphatic rings. The Bertz CT molecular complexity index is 902. The normalized spacial score (nSPS) is 15.0. The standard InChI is InChI=1S/C21H29N3OS2Si/c1-14-12-22-19(23-13-14)18(25-28(6,7)21(3,4)5)15(2)26-20-24-16-10-8-9-11-17(16)27-20/h8-13,15,18H,1-7H3/t15-,18-/m0/s1. The Hall–Kier alpha value is -1.28. The van der Waals surface area contributed by atoms with Gasteiger partial charge >= 0.3 is 0 Å². The summed E-state index contributed by atoms with van der Waals surface area (Å²) < 4.78 is 9.08. The minimum atomic E-state index is -1.99. The third-order valence-corrected chi connectivity index (χ3v) is 12.0. The second kappa shape index (κ2) is 8.22. The Morgan fingerprint density at radius 1 is 1.11 bits per heavy atom. The van der Waals surface area contributed by atoms with E-state index in [1.807, 2.05) is 25.4 Å². The second-order valence-corrected chi connectivity index (χ2v) is 16.1. The van der Waals surface area contributed by atoms with E-state index in [9.17, 15) is 0 Å². The molecule has 28 heavy (non-hydrogen) atoms. The predicted octanol–water partition coefficient (Wildman–Crippen LogP) is 6.64. The number of hydrogen-bond donors (Lipinski definition) is 0. The molecule has 150 valence electrons. The number of hydrogen-bond acceptors (Lipinski definition) is 6. The SMILES string of the molecule is Cc1cnc([C@@H](O[Si](C)(C)C(C)(C)C)[C@H](C)Sc2nc3ccccc3s2)nc1. The molecule has 0 bridgehead atoms. The van der Waals surface area contributed by atoms with Gasteiger partial charge in [0.25, 0.3) is 0 Å². The van der Waals surface area contributed by atoms with Crippen LogP contribution in [-0.2, 0) is 4.43 Å². The van der Waals surface area contributed by atoms with Crippen molar-refractivity contribution in [2.24, 2.45) is 0 Å². The molecule has 7 heteroatoms. The van der Waals surface area contributed by atoms with Crippen LogP contribution in [0.3, 0.4) is 0 Å². The topological polar surface area (TPSA) is 47.9 Å². The molecule has 0 spiro atoms. The van der Waals surface area contributed by atoms with Crippen molar-refractivity contribution in [2.75, 3.05) is 0 Å². The van der Waals surface area contributed by atoms with Crippen LogP contribution in [-0.4, -0.2) is 28.5 Å². The Kier molecular flexibility index (Phi) is 6.29. The molecular weight excluding hydrogens is 402 g/mol. The molecule has 0 radical (unpaired) electrons. The van der Waals surface area contributed by atoms with Gasteiger partial charge < -0.3 is 4.43 Å². The first-order chi connectivity index (χ1) is 13.1. The summed E-state index contributed by atoms with van der Waals surface area (Å²) in [5.41, 5.74) is 2.11. The van der Waals surface area contributed by atoms with Crippen LogP contribution in [0.4, 0.5) is 0 Å². The number of thiazole rings is 1. The van der Waals surface area contributed by atoms with Crippen molar-refractivity contribution < 1.29 is 4.43 Å². The fraction of sp³-hybridized carbons (Fsp3) is 0.476. The summed E-state index contributed by atoms with van der Waals surface area (Å²) in [6.45, 7) is 15.5. The van der Waals surface area contributed by atoms with Crippen LogP contribution in [0.1, 0.15) is 45.2 Å². The highest BCUT2D eigenvalue weighted by Crippen LogP contribution is 2.43. The number of thioether (sulfide) groups is 1. The van der Waals surface area contributed by atoms with Crippen LogP contribution in [0.2, 0.25) is 18.1 Å². The van der Waals surface area contributed by atoms with Gasteiger partial charge in [0.15, 0.2) is 18.5 Å². The summed E-state index contributed by atoms with van der Waals surface area (Å²) in [5, 5.41) is 0.272. The lowest BCUT2D eigenvalue weighted by atomic mass is 10.2. The molecule has 3 aromatic rings.